The number of nitrogens with one attached hydrogen (secondary N) is 2. The van der Waals surface area contributed by atoms with E-state index >= 15 is 0 Å². The van der Waals surface area contributed by atoms with Gasteiger partial charge in [-0.05, 0) is 38.5 Å². The second kappa shape index (κ2) is 5.00. The predicted octanol–water partition coefficient (Wildman–Crippen LogP) is 0.859. The molecule has 2 heterocycles. The van der Waals surface area contributed by atoms with Crippen molar-refractivity contribution < 1.29 is 19.4 Å². The number of carboxylic acid groups (broad SMARTS) is 1. The molecule has 3 aliphatic rings. The van der Waals surface area contributed by atoms with Crippen molar-refractivity contribution in [3.63, 3.8) is 0 Å². The van der Waals surface area contributed by atoms with Gasteiger partial charge in [-0.3, -0.25) is 4.79 Å². The second-order valence-electron chi connectivity index (χ2n) is 5.88. The lowest BCUT2D eigenvalue weighted by molar-refractivity contribution is -0.141. The molecule has 2 amide bonds. The molecule has 1 aliphatic carbocycles. The molecule has 3 N–H and O–H groups in total. The quantitative estimate of drug-likeness (QED) is 0.708. The maximum Gasteiger partial charge on any atom is 0.315 e. The average Bonchev–Trinajstić information content (AvgIpc) is 3.03. The van der Waals surface area contributed by atoms with Gasteiger partial charge in [-0.25, -0.2) is 4.79 Å². The number of urea groups is 1. The van der Waals surface area contributed by atoms with Crippen molar-refractivity contribution in [1.29, 1.82) is 0 Å². The Morgan fingerprint density at radius 3 is 2.47 bits per heavy atom. The Balaban J connectivity index is 1.43. The molecule has 2 bridgehead atoms. The number of carboxylic acids is 1. The third kappa shape index (κ3) is 2.68. The van der Waals surface area contributed by atoms with Gasteiger partial charge < -0.3 is 20.5 Å². The Labute approximate surface area is 111 Å². The Kier molecular flexibility index (Phi) is 3.35. The van der Waals surface area contributed by atoms with Crippen molar-refractivity contribution in [2.75, 3.05) is 0 Å². The van der Waals surface area contributed by atoms with Gasteiger partial charge in [-0.2, -0.15) is 0 Å². The van der Waals surface area contributed by atoms with Crippen molar-refractivity contribution in [1.82, 2.24) is 10.6 Å². The van der Waals surface area contributed by atoms with Gasteiger partial charge in [-0.1, -0.05) is 0 Å². The zero-order valence-electron chi connectivity index (χ0n) is 10.8. The molecule has 0 aromatic rings. The van der Waals surface area contributed by atoms with Crippen LogP contribution < -0.4 is 10.6 Å². The zero-order valence-corrected chi connectivity index (χ0v) is 10.8. The van der Waals surface area contributed by atoms with Crippen LogP contribution in [0.25, 0.3) is 0 Å². The van der Waals surface area contributed by atoms with E-state index in [1.807, 2.05) is 0 Å². The normalized spacial score (nSPS) is 40.3. The monoisotopic (exact) mass is 268 g/mol. The smallest absolute Gasteiger partial charge is 0.315 e. The van der Waals surface area contributed by atoms with E-state index in [0.29, 0.717) is 18.9 Å². The van der Waals surface area contributed by atoms with Gasteiger partial charge in [0.1, 0.15) is 0 Å². The minimum atomic E-state index is -0.758. The number of fused-ring (bicyclic) bond motifs is 2. The predicted molar refractivity (Wildman–Crippen MR) is 66.7 cm³/mol. The van der Waals surface area contributed by atoms with Crippen LogP contribution in [0.3, 0.4) is 0 Å². The zero-order chi connectivity index (χ0) is 13.4. The molecule has 0 radical (unpaired) electrons. The summed E-state index contributed by atoms with van der Waals surface area (Å²) in [6, 6.07) is -0.0757. The van der Waals surface area contributed by atoms with Crippen molar-refractivity contribution >= 4 is 12.0 Å². The fourth-order valence-electron chi connectivity index (χ4n) is 3.52. The van der Waals surface area contributed by atoms with E-state index < -0.39 is 5.97 Å². The maximum absolute atomic E-state index is 11.9. The maximum atomic E-state index is 11.9. The van der Waals surface area contributed by atoms with E-state index in [-0.39, 0.29) is 30.1 Å². The largest absolute Gasteiger partial charge is 0.481 e. The number of carbonyl (C=O) groups is 2. The van der Waals surface area contributed by atoms with Crippen molar-refractivity contribution in [2.24, 2.45) is 5.92 Å². The molecular formula is C13H20N2O4. The fraction of sp³-hybridized carbons (Fsp3) is 0.846. The summed E-state index contributed by atoms with van der Waals surface area (Å²) in [4.78, 5) is 22.7. The van der Waals surface area contributed by atoms with Gasteiger partial charge in [0.15, 0.2) is 0 Å². The first kappa shape index (κ1) is 12.7. The lowest BCUT2D eigenvalue weighted by atomic mass is 9.96. The minimum Gasteiger partial charge on any atom is -0.481 e. The lowest BCUT2D eigenvalue weighted by Gasteiger charge is -2.21. The number of hydrogen-bond acceptors (Lipinski definition) is 3. The number of ether oxygens (including phenoxy) is 1. The molecule has 0 aromatic heterocycles. The summed E-state index contributed by atoms with van der Waals surface area (Å²) < 4.78 is 5.68. The standard InChI is InChI=1S/C13H20N2O4/c16-12(17)7-1-2-8(5-7)14-13(18)15-10-6-9-3-4-11(10)19-9/h7-11H,1-6H2,(H,16,17)(H2,14,15,18). The topological polar surface area (TPSA) is 87.7 Å². The Bertz CT molecular complexity index is 387. The van der Waals surface area contributed by atoms with Gasteiger partial charge in [0.25, 0.3) is 0 Å². The van der Waals surface area contributed by atoms with Gasteiger partial charge in [0.2, 0.25) is 0 Å². The number of carbonyl (C=O) groups excluding carboxylic acids is 1. The van der Waals surface area contributed by atoms with E-state index in [1.165, 1.54) is 0 Å². The summed E-state index contributed by atoms with van der Waals surface area (Å²) in [6.45, 7) is 0. The van der Waals surface area contributed by atoms with Crippen LogP contribution in [0.1, 0.15) is 38.5 Å². The Morgan fingerprint density at radius 1 is 1.05 bits per heavy atom. The van der Waals surface area contributed by atoms with Crippen molar-refractivity contribution in [3.05, 3.63) is 0 Å². The number of hydrogen-bond donors (Lipinski definition) is 3. The van der Waals surface area contributed by atoms with Gasteiger partial charge in [-0.15, -0.1) is 0 Å². The van der Waals surface area contributed by atoms with E-state index in [9.17, 15) is 9.59 Å². The van der Waals surface area contributed by atoms with Gasteiger partial charge in [0.05, 0.1) is 24.2 Å². The van der Waals surface area contributed by atoms with Crippen LogP contribution in [0.2, 0.25) is 0 Å². The number of amides is 2. The summed E-state index contributed by atoms with van der Waals surface area (Å²) in [5.74, 6) is -1.07. The molecule has 1 saturated carbocycles. The SMILES string of the molecule is O=C(NC1CCC(C(=O)O)C1)NC1CC2CCC1O2. The highest BCUT2D eigenvalue weighted by Gasteiger charge is 2.41. The van der Waals surface area contributed by atoms with Crippen molar-refractivity contribution in [3.8, 4) is 0 Å². The van der Waals surface area contributed by atoms with Gasteiger partial charge in [0, 0.05) is 6.04 Å². The Morgan fingerprint density at radius 2 is 1.89 bits per heavy atom. The van der Waals surface area contributed by atoms with Crippen LogP contribution >= 0.6 is 0 Å². The molecule has 6 nitrogen and oxygen atoms in total. The van der Waals surface area contributed by atoms with Crippen LogP contribution in [-0.4, -0.2) is 41.4 Å². The van der Waals surface area contributed by atoms with Crippen LogP contribution in [0.5, 0.6) is 0 Å². The molecule has 106 valence electrons. The van der Waals surface area contributed by atoms with Crippen LogP contribution in [0, 0.1) is 5.92 Å². The first-order valence-electron chi connectivity index (χ1n) is 7.07. The molecule has 2 aliphatic heterocycles. The average molecular weight is 268 g/mol. The van der Waals surface area contributed by atoms with Crippen molar-refractivity contribution in [2.45, 2.75) is 62.8 Å². The summed E-state index contributed by atoms with van der Waals surface area (Å²) in [5.41, 5.74) is 0. The molecule has 5 atom stereocenters. The van der Waals surface area contributed by atoms with Crippen LogP contribution in [-0.2, 0) is 9.53 Å². The highest BCUT2D eigenvalue weighted by Crippen LogP contribution is 2.34. The third-order valence-electron chi connectivity index (χ3n) is 4.54. The molecule has 5 unspecified atom stereocenters. The number of aliphatic carboxylic acids is 1. The highest BCUT2D eigenvalue weighted by molar-refractivity contribution is 5.75. The van der Waals surface area contributed by atoms with Gasteiger partial charge >= 0.3 is 12.0 Å². The molecule has 19 heavy (non-hydrogen) atoms. The van der Waals surface area contributed by atoms with E-state index in [1.54, 1.807) is 0 Å². The Hall–Kier alpha value is -1.30. The molecule has 0 aromatic carbocycles. The molecule has 2 saturated heterocycles. The highest BCUT2D eigenvalue weighted by atomic mass is 16.5. The molecule has 6 heteroatoms. The summed E-state index contributed by atoms with van der Waals surface area (Å²) in [5, 5.41) is 14.8. The van der Waals surface area contributed by atoms with E-state index in [2.05, 4.69) is 10.6 Å². The van der Waals surface area contributed by atoms with E-state index in [4.69, 9.17) is 9.84 Å². The number of rotatable bonds is 3. The van der Waals surface area contributed by atoms with Crippen LogP contribution in [0.15, 0.2) is 0 Å². The van der Waals surface area contributed by atoms with Crippen LogP contribution in [0.4, 0.5) is 4.79 Å². The first-order valence-corrected chi connectivity index (χ1v) is 7.07. The molecule has 0 spiro atoms. The summed E-state index contributed by atoms with van der Waals surface area (Å²) in [6.07, 6.45) is 5.46. The fourth-order valence-corrected chi connectivity index (χ4v) is 3.52. The third-order valence-corrected chi connectivity index (χ3v) is 4.54. The summed E-state index contributed by atoms with van der Waals surface area (Å²) >= 11 is 0. The molecule has 3 rings (SSSR count). The summed E-state index contributed by atoms with van der Waals surface area (Å²) in [7, 11) is 0. The lowest BCUT2D eigenvalue weighted by Crippen LogP contribution is -2.48. The molecular weight excluding hydrogens is 248 g/mol. The second-order valence-corrected chi connectivity index (χ2v) is 5.88. The first-order chi connectivity index (χ1) is 9.11. The molecule has 3 fully saturated rings. The van der Waals surface area contributed by atoms with E-state index in [0.717, 1.165) is 25.7 Å². The minimum absolute atomic E-state index is 0.0133.